The van der Waals surface area contributed by atoms with E-state index < -0.39 is 0 Å². The van der Waals surface area contributed by atoms with E-state index in [0.29, 0.717) is 0 Å². The van der Waals surface area contributed by atoms with Gasteiger partial charge in [0.05, 0.1) is 11.0 Å². The molecule has 0 N–H and O–H groups in total. The van der Waals surface area contributed by atoms with Gasteiger partial charge in [-0.2, -0.15) is 0 Å². The van der Waals surface area contributed by atoms with Crippen LogP contribution < -0.4 is 4.90 Å². The number of para-hydroxylation sites is 2. The molecule has 0 amide bonds. The van der Waals surface area contributed by atoms with Gasteiger partial charge in [-0.15, -0.1) is 11.3 Å². The molecule has 3 heteroatoms. The van der Waals surface area contributed by atoms with Crippen LogP contribution in [0.25, 0.3) is 80.7 Å². The molecule has 258 valence electrons. The molecule has 2 aromatic heterocycles. The van der Waals surface area contributed by atoms with Crippen molar-refractivity contribution < 1.29 is 0 Å². The second-order valence-corrected chi connectivity index (χ2v) is 15.2. The third-order valence-corrected chi connectivity index (χ3v) is 12.1. The van der Waals surface area contributed by atoms with Crippen molar-refractivity contribution in [2.75, 3.05) is 4.90 Å². The van der Waals surface area contributed by atoms with Crippen LogP contribution in [0.15, 0.2) is 206 Å². The van der Waals surface area contributed by atoms with E-state index in [1.807, 2.05) is 11.3 Å². The van der Waals surface area contributed by atoms with Gasteiger partial charge in [0.15, 0.2) is 0 Å². The van der Waals surface area contributed by atoms with E-state index in [4.69, 9.17) is 0 Å². The largest absolute Gasteiger partial charge is 0.310 e. The van der Waals surface area contributed by atoms with Crippen LogP contribution in [0.1, 0.15) is 0 Å². The molecule has 11 rings (SSSR count). The van der Waals surface area contributed by atoms with E-state index >= 15 is 0 Å². The molecule has 55 heavy (non-hydrogen) atoms. The van der Waals surface area contributed by atoms with Crippen LogP contribution in [0.4, 0.5) is 17.1 Å². The van der Waals surface area contributed by atoms with E-state index in [2.05, 4.69) is 216 Å². The van der Waals surface area contributed by atoms with Gasteiger partial charge < -0.3 is 9.47 Å². The fourth-order valence-electron chi connectivity index (χ4n) is 8.41. The van der Waals surface area contributed by atoms with Crippen molar-refractivity contribution in [3.05, 3.63) is 206 Å². The normalized spacial score (nSPS) is 11.6. The summed E-state index contributed by atoms with van der Waals surface area (Å²) in [6, 6.07) is 75.3. The topological polar surface area (TPSA) is 8.17 Å². The number of thiophene rings is 1. The molecule has 11 aromatic rings. The van der Waals surface area contributed by atoms with Crippen molar-refractivity contribution in [1.29, 1.82) is 0 Å². The molecule has 2 nitrogen and oxygen atoms in total. The molecule has 0 radical (unpaired) electrons. The van der Waals surface area contributed by atoms with Gasteiger partial charge in [-0.1, -0.05) is 133 Å². The van der Waals surface area contributed by atoms with Crippen LogP contribution in [0.3, 0.4) is 0 Å². The first-order valence-corrected chi connectivity index (χ1v) is 19.6. The predicted molar refractivity (Wildman–Crippen MR) is 237 cm³/mol. The van der Waals surface area contributed by atoms with Crippen LogP contribution in [0.2, 0.25) is 0 Å². The lowest BCUT2D eigenvalue weighted by molar-refractivity contribution is 1.19. The monoisotopic (exact) mass is 718 g/mol. The maximum absolute atomic E-state index is 2.42. The Morgan fingerprint density at radius 1 is 0.345 bits per heavy atom. The van der Waals surface area contributed by atoms with Gasteiger partial charge in [0, 0.05) is 53.7 Å². The molecular weight excluding hydrogens is 685 g/mol. The molecule has 0 aliphatic carbocycles. The highest BCUT2D eigenvalue weighted by Crippen LogP contribution is 2.43. The van der Waals surface area contributed by atoms with Crippen molar-refractivity contribution >= 4 is 81.1 Å². The van der Waals surface area contributed by atoms with Gasteiger partial charge in [-0.05, 0) is 106 Å². The van der Waals surface area contributed by atoms with Crippen LogP contribution >= 0.6 is 11.3 Å². The summed E-state index contributed by atoms with van der Waals surface area (Å²) in [7, 11) is 0. The number of benzene rings is 9. The summed E-state index contributed by atoms with van der Waals surface area (Å²) in [5, 5.41) is 7.55. The minimum absolute atomic E-state index is 1.11. The molecule has 0 saturated heterocycles. The summed E-state index contributed by atoms with van der Waals surface area (Å²) in [6.07, 6.45) is 0. The van der Waals surface area contributed by atoms with Crippen LogP contribution in [-0.4, -0.2) is 4.57 Å². The first-order chi connectivity index (χ1) is 27.3. The molecule has 0 spiro atoms. The Labute approximate surface area is 323 Å². The molecule has 0 fully saturated rings. The first-order valence-electron chi connectivity index (χ1n) is 18.8. The Morgan fingerprint density at radius 3 is 1.71 bits per heavy atom. The smallest absolute Gasteiger partial charge is 0.0541 e. The minimum Gasteiger partial charge on any atom is -0.310 e. The Kier molecular flexibility index (Phi) is 7.39. The highest BCUT2D eigenvalue weighted by molar-refractivity contribution is 7.25. The van der Waals surface area contributed by atoms with Crippen molar-refractivity contribution in [2.24, 2.45) is 0 Å². The molecule has 0 aliphatic heterocycles. The average Bonchev–Trinajstić information content (AvgIpc) is 3.80. The SMILES string of the molecule is c1ccc(-c2ccc(N(c3cccc(-c4cc(-n5c6ccccc6c6ccccc65)cc5ccccc45)c3)c3ccc4sc5ccccc5c4c3)cc2)cc1. The summed E-state index contributed by atoms with van der Waals surface area (Å²) in [5.74, 6) is 0. The zero-order valence-electron chi connectivity index (χ0n) is 29.9. The van der Waals surface area contributed by atoms with Crippen molar-refractivity contribution in [1.82, 2.24) is 4.57 Å². The van der Waals surface area contributed by atoms with Gasteiger partial charge in [-0.3, -0.25) is 0 Å². The van der Waals surface area contributed by atoms with Gasteiger partial charge in [-0.25, -0.2) is 0 Å². The lowest BCUT2D eigenvalue weighted by Crippen LogP contribution is -2.10. The Hall–Kier alpha value is -6.94. The van der Waals surface area contributed by atoms with Crippen LogP contribution in [-0.2, 0) is 0 Å². The van der Waals surface area contributed by atoms with Crippen molar-refractivity contribution in [2.45, 2.75) is 0 Å². The summed E-state index contributed by atoms with van der Waals surface area (Å²) < 4.78 is 5.03. The standard InChI is InChI=1S/C52H34N2S/c1-2-13-35(14-3-1)36-25-27-39(28-26-36)53(41-29-30-52-48(33-41)46-21-8-11-24-51(46)55-52)40-17-12-16-38(31-40)47-34-42(32-37-15-4-5-18-43(37)47)54-49-22-9-6-19-44(49)45-20-7-10-23-50(45)54/h1-34H. The third-order valence-electron chi connectivity index (χ3n) is 11.0. The summed E-state index contributed by atoms with van der Waals surface area (Å²) in [4.78, 5) is 2.41. The molecule has 9 aromatic carbocycles. The minimum atomic E-state index is 1.11. The number of nitrogens with zero attached hydrogens (tertiary/aromatic N) is 2. The van der Waals surface area contributed by atoms with E-state index in [1.54, 1.807) is 0 Å². The Bertz CT molecular complexity index is 3150. The Morgan fingerprint density at radius 2 is 0.927 bits per heavy atom. The van der Waals surface area contributed by atoms with Gasteiger partial charge >= 0.3 is 0 Å². The molecule has 0 aliphatic rings. The second-order valence-electron chi connectivity index (χ2n) is 14.2. The maximum atomic E-state index is 2.42. The number of hydrogen-bond donors (Lipinski definition) is 0. The fraction of sp³-hybridized carbons (Fsp3) is 0. The van der Waals surface area contributed by atoms with Crippen molar-refractivity contribution in [3.63, 3.8) is 0 Å². The molecule has 0 atom stereocenters. The number of rotatable bonds is 6. The maximum Gasteiger partial charge on any atom is 0.0541 e. The Balaban J connectivity index is 1.11. The van der Waals surface area contributed by atoms with E-state index in [-0.39, 0.29) is 0 Å². The number of hydrogen-bond acceptors (Lipinski definition) is 2. The molecule has 0 unspecified atom stereocenters. The summed E-state index contributed by atoms with van der Waals surface area (Å²) in [5.41, 5.74) is 11.7. The summed E-state index contributed by atoms with van der Waals surface area (Å²) in [6.45, 7) is 0. The van der Waals surface area contributed by atoms with Crippen molar-refractivity contribution in [3.8, 4) is 27.9 Å². The second kappa shape index (κ2) is 12.9. The fourth-order valence-corrected chi connectivity index (χ4v) is 9.50. The number of fused-ring (bicyclic) bond motifs is 7. The molecular formula is C52H34N2S. The lowest BCUT2D eigenvalue weighted by Gasteiger charge is -2.26. The summed E-state index contributed by atoms with van der Waals surface area (Å²) >= 11 is 1.85. The van der Waals surface area contributed by atoms with Crippen LogP contribution in [0, 0.1) is 0 Å². The lowest BCUT2D eigenvalue weighted by atomic mass is 9.96. The van der Waals surface area contributed by atoms with E-state index in [1.165, 1.54) is 75.0 Å². The quantitative estimate of drug-likeness (QED) is 0.166. The predicted octanol–water partition coefficient (Wildman–Crippen LogP) is 15.1. The molecule has 2 heterocycles. The zero-order chi connectivity index (χ0) is 36.3. The van der Waals surface area contributed by atoms with E-state index in [9.17, 15) is 0 Å². The highest BCUT2D eigenvalue weighted by atomic mass is 32.1. The van der Waals surface area contributed by atoms with Crippen LogP contribution in [0.5, 0.6) is 0 Å². The highest BCUT2D eigenvalue weighted by Gasteiger charge is 2.18. The third kappa shape index (κ3) is 5.32. The average molecular weight is 719 g/mol. The molecule has 0 bridgehead atoms. The molecule has 0 saturated carbocycles. The van der Waals surface area contributed by atoms with Gasteiger partial charge in [0.1, 0.15) is 0 Å². The number of aromatic nitrogens is 1. The number of anilines is 3. The first kappa shape index (κ1) is 31.6. The zero-order valence-corrected chi connectivity index (χ0v) is 30.7. The van der Waals surface area contributed by atoms with Gasteiger partial charge in [0.2, 0.25) is 0 Å². The van der Waals surface area contributed by atoms with E-state index in [0.717, 1.165) is 22.7 Å². The van der Waals surface area contributed by atoms with Gasteiger partial charge in [0.25, 0.3) is 0 Å².